The molecule has 2 heterocycles. The minimum atomic E-state index is -3.78. The molecule has 1 saturated carbocycles. The molecule has 1 aliphatic rings. The van der Waals surface area contributed by atoms with Crippen molar-refractivity contribution in [2.45, 2.75) is 30.3 Å². The topological polar surface area (TPSA) is 54.7 Å². The van der Waals surface area contributed by atoms with Crippen molar-refractivity contribution in [3.05, 3.63) is 65.3 Å². The molecule has 3 aromatic rings. The Labute approximate surface area is 149 Å². The Morgan fingerprint density at radius 3 is 2.80 bits per heavy atom. The summed E-state index contributed by atoms with van der Waals surface area (Å²) in [6.07, 6.45) is 5.15. The second-order valence-corrected chi connectivity index (χ2v) is 8.33. The molecule has 25 heavy (non-hydrogen) atoms. The molecule has 5 nitrogen and oxygen atoms in total. The fraction of sp³-hybridized carbons (Fsp3) is 0.235. The molecule has 0 N–H and O–H groups in total. The highest BCUT2D eigenvalue weighted by molar-refractivity contribution is 7.89. The zero-order chi connectivity index (χ0) is 17.6. The fourth-order valence-corrected chi connectivity index (χ4v) is 4.74. The van der Waals surface area contributed by atoms with Gasteiger partial charge >= 0.3 is 0 Å². The minimum Gasteiger partial charge on any atom is -0.303 e. The summed E-state index contributed by atoms with van der Waals surface area (Å²) in [6.45, 7) is 0.202. The number of fused-ring (bicyclic) bond motifs is 1. The van der Waals surface area contributed by atoms with E-state index in [1.54, 1.807) is 6.20 Å². The molecular weight excluding hydrogens is 365 g/mol. The van der Waals surface area contributed by atoms with Crippen molar-refractivity contribution >= 4 is 27.3 Å². The van der Waals surface area contributed by atoms with Gasteiger partial charge in [0.1, 0.15) is 11.5 Å². The van der Waals surface area contributed by atoms with Crippen molar-refractivity contribution in [2.75, 3.05) is 0 Å². The van der Waals surface area contributed by atoms with E-state index >= 15 is 0 Å². The van der Waals surface area contributed by atoms with Crippen LogP contribution in [0.2, 0.25) is 5.02 Å². The van der Waals surface area contributed by atoms with Crippen molar-refractivity contribution in [1.82, 2.24) is 13.7 Å². The van der Waals surface area contributed by atoms with E-state index in [1.807, 2.05) is 28.8 Å². The van der Waals surface area contributed by atoms with E-state index < -0.39 is 15.8 Å². The van der Waals surface area contributed by atoms with Crippen LogP contribution < -0.4 is 0 Å². The molecular formula is C17H15ClFN3O2S. The van der Waals surface area contributed by atoms with E-state index in [2.05, 4.69) is 4.98 Å². The number of benzene rings is 1. The third-order valence-electron chi connectivity index (χ3n) is 4.26. The van der Waals surface area contributed by atoms with Gasteiger partial charge in [0.05, 0.1) is 28.4 Å². The maximum absolute atomic E-state index is 13.4. The maximum atomic E-state index is 13.4. The standard InChI is InChI=1S/C17H15ClFN3O2S/c18-15-9-14(6-7-16(15)19)25(23,24)22(12-4-5-12)11-13-10-20-17-3-1-2-8-21(13)17/h1-3,6-10,12H,4-5,11H2. The van der Waals surface area contributed by atoms with E-state index in [1.165, 1.54) is 10.4 Å². The Balaban J connectivity index is 1.72. The highest BCUT2D eigenvalue weighted by Gasteiger charge is 2.38. The van der Waals surface area contributed by atoms with Crippen molar-refractivity contribution in [3.63, 3.8) is 0 Å². The zero-order valence-corrected chi connectivity index (χ0v) is 14.7. The van der Waals surface area contributed by atoms with Gasteiger partial charge < -0.3 is 4.40 Å². The van der Waals surface area contributed by atoms with E-state index in [9.17, 15) is 12.8 Å². The van der Waals surface area contributed by atoms with Crippen LogP contribution in [0.3, 0.4) is 0 Å². The third-order valence-corrected chi connectivity index (χ3v) is 6.45. The molecule has 0 atom stereocenters. The normalized spacial score (nSPS) is 15.2. The van der Waals surface area contributed by atoms with Crippen molar-refractivity contribution in [3.8, 4) is 0 Å². The first-order valence-electron chi connectivity index (χ1n) is 7.85. The van der Waals surface area contributed by atoms with Gasteiger partial charge in [0.2, 0.25) is 10.0 Å². The second-order valence-electron chi connectivity index (χ2n) is 6.04. The summed E-state index contributed by atoms with van der Waals surface area (Å²) in [5, 5.41) is -0.202. The number of hydrogen-bond acceptors (Lipinski definition) is 3. The van der Waals surface area contributed by atoms with Crippen LogP contribution >= 0.6 is 11.6 Å². The molecule has 4 rings (SSSR count). The number of sulfonamides is 1. The Morgan fingerprint density at radius 1 is 1.28 bits per heavy atom. The molecule has 0 radical (unpaired) electrons. The first-order valence-corrected chi connectivity index (χ1v) is 9.66. The quantitative estimate of drug-likeness (QED) is 0.682. The minimum absolute atomic E-state index is 0.000351. The van der Waals surface area contributed by atoms with Gasteiger partial charge in [0.25, 0.3) is 0 Å². The van der Waals surface area contributed by atoms with Gasteiger partial charge in [-0.1, -0.05) is 17.7 Å². The Morgan fingerprint density at radius 2 is 2.08 bits per heavy atom. The Bertz CT molecular complexity index is 1050. The average Bonchev–Trinajstić information content (AvgIpc) is 3.35. The summed E-state index contributed by atoms with van der Waals surface area (Å²) < 4.78 is 42.8. The van der Waals surface area contributed by atoms with E-state index in [-0.39, 0.29) is 22.5 Å². The first-order chi connectivity index (χ1) is 12.0. The van der Waals surface area contributed by atoms with Gasteiger partial charge in [-0.2, -0.15) is 4.31 Å². The highest BCUT2D eigenvalue weighted by Crippen LogP contribution is 2.34. The lowest BCUT2D eigenvalue weighted by Gasteiger charge is -2.22. The lowest BCUT2D eigenvalue weighted by atomic mass is 10.3. The highest BCUT2D eigenvalue weighted by atomic mass is 35.5. The molecule has 0 unspecified atom stereocenters. The third kappa shape index (κ3) is 3.03. The zero-order valence-electron chi connectivity index (χ0n) is 13.1. The van der Waals surface area contributed by atoms with Crippen molar-refractivity contribution < 1.29 is 12.8 Å². The van der Waals surface area contributed by atoms with Gasteiger partial charge in [0, 0.05) is 12.2 Å². The summed E-state index contributed by atoms with van der Waals surface area (Å²) in [6, 6.07) is 9.04. The Kier molecular flexibility index (Phi) is 4.02. The predicted octanol–water partition coefficient (Wildman–Crippen LogP) is 3.48. The number of hydrogen-bond donors (Lipinski definition) is 0. The monoisotopic (exact) mass is 379 g/mol. The first kappa shape index (κ1) is 16.5. The average molecular weight is 380 g/mol. The van der Waals surface area contributed by atoms with E-state index in [0.29, 0.717) is 0 Å². The van der Waals surface area contributed by atoms with Crippen LogP contribution in [-0.2, 0) is 16.6 Å². The van der Waals surface area contributed by atoms with Gasteiger partial charge in [-0.25, -0.2) is 17.8 Å². The van der Waals surface area contributed by atoms with Gasteiger partial charge in [-0.15, -0.1) is 0 Å². The molecule has 1 fully saturated rings. The van der Waals surface area contributed by atoms with Crippen LogP contribution in [0.25, 0.3) is 5.65 Å². The molecule has 130 valence electrons. The molecule has 0 saturated heterocycles. The SMILES string of the molecule is O=S(=O)(c1ccc(F)c(Cl)c1)N(Cc1cnc2ccccn12)C1CC1. The molecule has 1 aromatic carbocycles. The lowest BCUT2D eigenvalue weighted by molar-refractivity contribution is 0.393. The van der Waals surface area contributed by atoms with Crippen LogP contribution in [-0.4, -0.2) is 28.1 Å². The molecule has 0 amide bonds. The lowest BCUT2D eigenvalue weighted by Crippen LogP contribution is -2.33. The van der Waals surface area contributed by atoms with Crippen LogP contribution in [0, 0.1) is 5.82 Å². The number of pyridine rings is 1. The summed E-state index contributed by atoms with van der Waals surface area (Å²) in [5.41, 5.74) is 1.54. The number of aromatic nitrogens is 2. The Hall–Kier alpha value is -1.96. The number of halogens is 2. The molecule has 8 heteroatoms. The summed E-state index contributed by atoms with van der Waals surface area (Å²) in [7, 11) is -3.78. The summed E-state index contributed by atoms with van der Waals surface area (Å²) in [5.74, 6) is -0.639. The molecule has 0 spiro atoms. The van der Waals surface area contributed by atoms with Gasteiger partial charge in [-0.05, 0) is 43.2 Å². The number of nitrogens with zero attached hydrogens (tertiary/aromatic N) is 3. The number of imidazole rings is 1. The molecule has 0 bridgehead atoms. The smallest absolute Gasteiger partial charge is 0.243 e. The summed E-state index contributed by atoms with van der Waals surface area (Å²) in [4.78, 5) is 4.30. The van der Waals surface area contributed by atoms with Gasteiger partial charge in [-0.3, -0.25) is 0 Å². The van der Waals surface area contributed by atoms with Crippen LogP contribution in [0.4, 0.5) is 4.39 Å². The van der Waals surface area contributed by atoms with Crippen LogP contribution in [0.5, 0.6) is 0 Å². The van der Waals surface area contributed by atoms with E-state index in [0.717, 1.165) is 36.3 Å². The summed E-state index contributed by atoms with van der Waals surface area (Å²) >= 11 is 5.77. The van der Waals surface area contributed by atoms with Crippen molar-refractivity contribution in [2.24, 2.45) is 0 Å². The van der Waals surface area contributed by atoms with Crippen LogP contribution in [0.1, 0.15) is 18.5 Å². The predicted molar refractivity (Wildman–Crippen MR) is 92.4 cm³/mol. The number of rotatable bonds is 5. The van der Waals surface area contributed by atoms with Gasteiger partial charge in [0.15, 0.2) is 0 Å². The molecule has 1 aliphatic carbocycles. The van der Waals surface area contributed by atoms with Crippen molar-refractivity contribution in [1.29, 1.82) is 0 Å². The largest absolute Gasteiger partial charge is 0.303 e. The second kappa shape index (κ2) is 6.09. The molecule has 2 aromatic heterocycles. The molecule has 0 aliphatic heterocycles. The van der Waals surface area contributed by atoms with E-state index in [4.69, 9.17) is 11.6 Å². The van der Waals surface area contributed by atoms with Crippen LogP contribution in [0.15, 0.2) is 53.7 Å². The fourth-order valence-electron chi connectivity index (χ4n) is 2.81. The maximum Gasteiger partial charge on any atom is 0.243 e.